The van der Waals surface area contributed by atoms with Crippen molar-refractivity contribution in [3.63, 3.8) is 0 Å². The van der Waals surface area contributed by atoms with E-state index in [1.807, 2.05) is 0 Å². The monoisotopic (exact) mass is 479 g/mol. The quantitative estimate of drug-likeness (QED) is 0.195. The number of hydrogen-bond donors (Lipinski definition) is 1. The summed E-state index contributed by atoms with van der Waals surface area (Å²) in [5.41, 5.74) is 0.529. The van der Waals surface area contributed by atoms with Gasteiger partial charge in [0.25, 0.3) is 11.5 Å². The molecule has 1 N–H and O–H groups in total. The van der Waals surface area contributed by atoms with Crippen LogP contribution in [-0.4, -0.2) is 26.7 Å². The molecule has 0 radical (unpaired) electrons. The summed E-state index contributed by atoms with van der Waals surface area (Å²) in [6.45, 7) is 0. The Labute approximate surface area is 184 Å². The fourth-order valence-electron chi connectivity index (χ4n) is 3.42. The fourth-order valence-corrected chi connectivity index (χ4v) is 3.69. The van der Waals surface area contributed by atoms with Gasteiger partial charge in [-0.1, -0.05) is 34.1 Å². The van der Waals surface area contributed by atoms with Gasteiger partial charge >= 0.3 is 5.91 Å². The summed E-state index contributed by atoms with van der Waals surface area (Å²) in [6.07, 6.45) is 1.48. The Morgan fingerprint density at radius 1 is 1.03 bits per heavy atom. The summed E-state index contributed by atoms with van der Waals surface area (Å²) in [6, 6.07) is 16.0. The minimum atomic E-state index is -1.00. The molecule has 31 heavy (non-hydrogen) atoms. The number of aliphatic hydroxyl groups excluding tert-OH is 1. The van der Waals surface area contributed by atoms with E-state index in [1.165, 1.54) is 35.4 Å². The number of pyridine rings is 1. The van der Waals surface area contributed by atoms with Crippen LogP contribution in [0.5, 0.6) is 0 Å². The number of aromatic nitrogens is 1. The van der Waals surface area contributed by atoms with Gasteiger partial charge < -0.3 is 5.11 Å². The molecule has 1 aromatic heterocycles. The predicted octanol–water partition coefficient (Wildman–Crippen LogP) is 4.38. The largest absolute Gasteiger partial charge is 0.507 e. The van der Waals surface area contributed by atoms with Gasteiger partial charge in [-0.25, -0.2) is 4.98 Å². The highest BCUT2D eigenvalue weighted by Gasteiger charge is 2.47. The number of amides is 1. The second-order valence-corrected chi connectivity index (χ2v) is 7.63. The molecule has 4 rings (SSSR count). The Kier molecular flexibility index (Phi) is 5.35. The van der Waals surface area contributed by atoms with E-state index in [1.54, 1.807) is 42.5 Å². The molecule has 2 aromatic carbocycles. The first kappa shape index (κ1) is 20.4. The Hall–Kier alpha value is -3.85. The van der Waals surface area contributed by atoms with Gasteiger partial charge in [-0.2, -0.15) is 0 Å². The van der Waals surface area contributed by atoms with Crippen molar-refractivity contribution in [3.8, 4) is 0 Å². The van der Waals surface area contributed by atoms with Crippen LogP contribution in [0.25, 0.3) is 5.76 Å². The minimum Gasteiger partial charge on any atom is -0.507 e. The predicted molar refractivity (Wildman–Crippen MR) is 116 cm³/mol. The summed E-state index contributed by atoms with van der Waals surface area (Å²) < 4.78 is 0.782. The molecule has 0 bridgehead atoms. The molecule has 1 amide bonds. The van der Waals surface area contributed by atoms with Crippen molar-refractivity contribution in [3.05, 3.63) is 104 Å². The normalized spacial score (nSPS) is 17.7. The van der Waals surface area contributed by atoms with Crippen LogP contribution in [0.3, 0.4) is 0 Å². The zero-order valence-corrected chi connectivity index (χ0v) is 17.4. The van der Waals surface area contributed by atoms with Gasteiger partial charge in [-0.3, -0.25) is 24.6 Å². The van der Waals surface area contributed by atoms with Gasteiger partial charge in [0.2, 0.25) is 0 Å². The zero-order chi connectivity index (χ0) is 22.1. The SMILES string of the molecule is O=C1C(=O)N(c2ccccn2)C(c2ccc([N+](=O)[O-])cc2)/C1=C(\O)c1ccc(Br)cc1. The second kappa shape index (κ2) is 8.11. The fraction of sp³-hybridized carbons (Fsp3) is 0.0455. The van der Waals surface area contributed by atoms with Crippen molar-refractivity contribution in [1.29, 1.82) is 0 Å². The number of anilines is 1. The summed E-state index contributed by atoms with van der Waals surface area (Å²) in [5.74, 6) is -1.83. The topological polar surface area (TPSA) is 114 Å². The molecule has 1 saturated heterocycles. The standard InChI is InChI=1S/C22H14BrN3O5/c23-15-8-4-14(5-9-15)20(27)18-19(13-6-10-16(11-7-13)26(30)31)25(22(29)21(18)28)17-3-1-2-12-24-17/h1-12,19,27H/b20-18+. The number of Topliss-reactive ketones (excluding diaryl/α,β-unsaturated/α-hetero) is 1. The van der Waals surface area contributed by atoms with Crippen LogP contribution in [0.1, 0.15) is 17.2 Å². The molecule has 154 valence electrons. The van der Waals surface area contributed by atoms with E-state index in [2.05, 4.69) is 20.9 Å². The molecule has 1 atom stereocenters. The summed E-state index contributed by atoms with van der Waals surface area (Å²) in [4.78, 5) is 41.8. The molecule has 1 aliphatic rings. The van der Waals surface area contributed by atoms with Crippen molar-refractivity contribution >= 4 is 44.9 Å². The Balaban J connectivity index is 1.92. The lowest BCUT2D eigenvalue weighted by Crippen LogP contribution is -2.30. The molecule has 1 fully saturated rings. The van der Waals surface area contributed by atoms with E-state index < -0.39 is 22.7 Å². The lowest BCUT2D eigenvalue weighted by Gasteiger charge is -2.24. The van der Waals surface area contributed by atoms with Crippen molar-refractivity contribution in [2.24, 2.45) is 0 Å². The minimum absolute atomic E-state index is 0.119. The van der Waals surface area contributed by atoms with Gasteiger partial charge in [-0.15, -0.1) is 0 Å². The second-order valence-electron chi connectivity index (χ2n) is 6.71. The number of nitrogens with zero attached hydrogens (tertiary/aromatic N) is 3. The van der Waals surface area contributed by atoms with Gasteiger partial charge in [0.05, 0.1) is 16.5 Å². The van der Waals surface area contributed by atoms with Crippen LogP contribution in [0.2, 0.25) is 0 Å². The maximum absolute atomic E-state index is 13.0. The first-order valence-corrected chi connectivity index (χ1v) is 9.90. The van der Waals surface area contributed by atoms with Gasteiger partial charge in [0.1, 0.15) is 11.6 Å². The molecule has 8 nitrogen and oxygen atoms in total. The molecule has 3 aromatic rings. The molecule has 2 heterocycles. The maximum atomic E-state index is 13.0. The maximum Gasteiger partial charge on any atom is 0.301 e. The number of hydrogen-bond acceptors (Lipinski definition) is 6. The third-order valence-electron chi connectivity index (χ3n) is 4.88. The Morgan fingerprint density at radius 3 is 2.29 bits per heavy atom. The summed E-state index contributed by atoms with van der Waals surface area (Å²) in [7, 11) is 0. The van der Waals surface area contributed by atoms with Crippen LogP contribution < -0.4 is 4.90 Å². The molecular weight excluding hydrogens is 466 g/mol. The number of halogens is 1. The molecular formula is C22H14BrN3O5. The van der Waals surface area contributed by atoms with E-state index in [-0.39, 0.29) is 22.8 Å². The number of nitro benzene ring substituents is 1. The average Bonchev–Trinajstić information content (AvgIpc) is 3.05. The van der Waals surface area contributed by atoms with Gasteiger partial charge in [0, 0.05) is 28.4 Å². The lowest BCUT2D eigenvalue weighted by molar-refractivity contribution is -0.384. The van der Waals surface area contributed by atoms with Crippen molar-refractivity contribution in [2.75, 3.05) is 4.90 Å². The van der Waals surface area contributed by atoms with Crippen LogP contribution in [0, 0.1) is 10.1 Å². The highest BCUT2D eigenvalue weighted by Crippen LogP contribution is 2.41. The molecule has 0 saturated carbocycles. The number of aliphatic hydroxyl groups is 1. The number of non-ortho nitro benzene ring substituents is 1. The smallest absolute Gasteiger partial charge is 0.301 e. The third-order valence-corrected chi connectivity index (χ3v) is 5.41. The van der Waals surface area contributed by atoms with E-state index >= 15 is 0 Å². The van der Waals surface area contributed by atoms with Crippen LogP contribution in [0.15, 0.2) is 83.0 Å². The summed E-state index contributed by atoms with van der Waals surface area (Å²) in [5, 5.41) is 22.0. The Morgan fingerprint density at radius 2 is 1.71 bits per heavy atom. The highest BCUT2D eigenvalue weighted by atomic mass is 79.9. The molecule has 0 spiro atoms. The third kappa shape index (κ3) is 3.71. The van der Waals surface area contributed by atoms with Gasteiger partial charge in [-0.05, 0) is 42.0 Å². The van der Waals surface area contributed by atoms with E-state index in [4.69, 9.17) is 0 Å². The first-order valence-electron chi connectivity index (χ1n) is 9.11. The van der Waals surface area contributed by atoms with Crippen molar-refractivity contribution < 1.29 is 19.6 Å². The van der Waals surface area contributed by atoms with E-state index in [0.717, 1.165) is 4.47 Å². The van der Waals surface area contributed by atoms with E-state index in [0.29, 0.717) is 11.1 Å². The number of carbonyl (C=O) groups excluding carboxylic acids is 2. The Bertz CT molecular complexity index is 1210. The molecule has 1 unspecified atom stereocenters. The van der Waals surface area contributed by atoms with Crippen LogP contribution in [0.4, 0.5) is 11.5 Å². The molecule has 1 aliphatic heterocycles. The van der Waals surface area contributed by atoms with Crippen LogP contribution in [-0.2, 0) is 9.59 Å². The lowest BCUT2D eigenvalue weighted by atomic mass is 9.95. The number of carbonyl (C=O) groups is 2. The number of benzene rings is 2. The van der Waals surface area contributed by atoms with Crippen molar-refractivity contribution in [1.82, 2.24) is 4.98 Å². The van der Waals surface area contributed by atoms with E-state index in [9.17, 15) is 24.8 Å². The highest BCUT2D eigenvalue weighted by molar-refractivity contribution is 9.10. The summed E-state index contributed by atoms with van der Waals surface area (Å²) >= 11 is 3.32. The number of nitro groups is 1. The number of ketones is 1. The first-order chi connectivity index (χ1) is 14.9. The molecule has 9 heteroatoms. The number of rotatable bonds is 4. The zero-order valence-electron chi connectivity index (χ0n) is 15.8. The van der Waals surface area contributed by atoms with Crippen molar-refractivity contribution in [2.45, 2.75) is 6.04 Å². The van der Waals surface area contributed by atoms with Crippen LogP contribution >= 0.6 is 15.9 Å². The molecule has 0 aliphatic carbocycles. The van der Waals surface area contributed by atoms with Gasteiger partial charge in [0.15, 0.2) is 0 Å². The average molecular weight is 480 g/mol.